The van der Waals surface area contributed by atoms with Crippen LogP contribution in [0.2, 0.25) is 0 Å². The van der Waals surface area contributed by atoms with Gasteiger partial charge in [0.25, 0.3) is 11.8 Å². The summed E-state index contributed by atoms with van der Waals surface area (Å²) in [5.41, 5.74) is 13.4. The summed E-state index contributed by atoms with van der Waals surface area (Å²) in [5, 5.41) is 0. The van der Waals surface area contributed by atoms with Gasteiger partial charge in [-0.15, -0.1) is 0 Å². The quantitative estimate of drug-likeness (QED) is 0.518. The molecule has 2 atom stereocenters. The zero-order chi connectivity index (χ0) is 18.6. The predicted molar refractivity (Wildman–Crippen MR) is 99.0 cm³/mol. The van der Waals surface area contributed by atoms with Crippen molar-refractivity contribution in [3.05, 3.63) is 72.1 Å². The molecule has 2 aromatic carbocycles. The molecule has 0 radical (unpaired) electrons. The highest BCUT2D eigenvalue weighted by Crippen LogP contribution is 2.21. The third kappa shape index (κ3) is 3.76. The van der Waals surface area contributed by atoms with Crippen molar-refractivity contribution in [1.29, 1.82) is 0 Å². The minimum absolute atomic E-state index is 0.0315. The third-order valence-electron chi connectivity index (χ3n) is 4.40. The summed E-state index contributed by atoms with van der Waals surface area (Å²) in [6.07, 6.45) is 1.95. The Morgan fingerprint density at radius 1 is 0.926 bits per heavy atom. The first-order valence-corrected chi connectivity index (χ1v) is 8.59. The van der Waals surface area contributed by atoms with Crippen molar-refractivity contribution < 1.29 is 9.59 Å². The van der Waals surface area contributed by atoms with Gasteiger partial charge in [0.15, 0.2) is 0 Å². The van der Waals surface area contributed by atoms with Crippen LogP contribution in [-0.4, -0.2) is 27.8 Å². The first kappa shape index (κ1) is 17.1. The zero-order valence-electron chi connectivity index (χ0n) is 14.3. The van der Waals surface area contributed by atoms with Gasteiger partial charge < -0.3 is 0 Å². The number of amides is 2. The molecule has 1 aliphatic heterocycles. The number of carbonyl (C=O) groups excluding carboxylic acids is 2. The van der Waals surface area contributed by atoms with Gasteiger partial charge in [0, 0.05) is 6.04 Å². The van der Waals surface area contributed by atoms with Crippen molar-refractivity contribution in [2.24, 2.45) is 0 Å². The van der Waals surface area contributed by atoms with Gasteiger partial charge in [0.2, 0.25) is 0 Å². The Balaban J connectivity index is 1.34. The topological polar surface area (TPSA) is 108 Å². The molecule has 8 heteroatoms. The van der Waals surface area contributed by atoms with Crippen LogP contribution in [0.4, 0.5) is 0 Å². The second-order valence-electron chi connectivity index (χ2n) is 6.23. The van der Waals surface area contributed by atoms with E-state index in [9.17, 15) is 9.59 Å². The van der Waals surface area contributed by atoms with Gasteiger partial charge in [0.1, 0.15) is 11.7 Å². The summed E-state index contributed by atoms with van der Waals surface area (Å²) < 4.78 is 0. The Hall–Kier alpha value is -3.36. The number of fused-ring (bicyclic) bond motifs is 1. The highest BCUT2D eigenvalue weighted by Gasteiger charge is 2.30. The molecule has 2 unspecified atom stereocenters. The molecular formula is C19H18N6O2. The van der Waals surface area contributed by atoms with Gasteiger partial charge in [-0.05, 0) is 24.1 Å². The molecule has 0 aliphatic carbocycles. The van der Waals surface area contributed by atoms with Gasteiger partial charge in [0.05, 0.1) is 17.2 Å². The average molecular weight is 362 g/mol. The van der Waals surface area contributed by atoms with Crippen molar-refractivity contribution in [3.8, 4) is 0 Å². The Morgan fingerprint density at radius 2 is 1.67 bits per heavy atom. The van der Waals surface area contributed by atoms with Gasteiger partial charge in [-0.2, -0.15) is 0 Å². The van der Waals surface area contributed by atoms with E-state index < -0.39 is 11.9 Å². The molecule has 0 bridgehead atoms. The number of rotatable bonds is 3. The van der Waals surface area contributed by atoms with Crippen LogP contribution in [0.15, 0.2) is 60.8 Å². The highest BCUT2D eigenvalue weighted by atomic mass is 16.2. The third-order valence-corrected chi connectivity index (χ3v) is 4.40. The largest absolute Gasteiger partial charge is 0.289 e. The van der Waals surface area contributed by atoms with E-state index in [1.165, 1.54) is 6.20 Å². The van der Waals surface area contributed by atoms with Crippen molar-refractivity contribution in [2.45, 2.75) is 18.5 Å². The maximum absolute atomic E-state index is 12.3. The Bertz CT molecular complexity index is 978. The SMILES string of the molecule is O=C(NNC(=O)C1CC(c2ccccc2)NN1)c1cnc2ccccc2n1. The fourth-order valence-corrected chi connectivity index (χ4v) is 2.97. The molecule has 0 saturated carbocycles. The molecule has 1 aromatic heterocycles. The molecule has 4 rings (SSSR count). The van der Waals surface area contributed by atoms with Crippen molar-refractivity contribution in [3.63, 3.8) is 0 Å². The van der Waals surface area contributed by atoms with E-state index in [0.717, 1.165) is 5.56 Å². The molecule has 136 valence electrons. The van der Waals surface area contributed by atoms with Crippen molar-refractivity contribution >= 4 is 22.8 Å². The first-order valence-electron chi connectivity index (χ1n) is 8.59. The second kappa shape index (κ2) is 7.48. The van der Waals surface area contributed by atoms with Gasteiger partial charge in [-0.25, -0.2) is 15.8 Å². The van der Waals surface area contributed by atoms with Crippen molar-refractivity contribution in [1.82, 2.24) is 31.7 Å². The highest BCUT2D eigenvalue weighted by molar-refractivity contribution is 5.95. The van der Waals surface area contributed by atoms with Crippen molar-refractivity contribution in [2.75, 3.05) is 0 Å². The maximum Gasteiger partial charge on any atom is 0.289 e. The minimum atomic E-state index is -0.521. The fourth-order valence-electron chi connectivity index (χ4n) is 2.97. The lowest BCUT2D eigenvalue weighted by Crippen LogP contribution is -2.50. The summed E-state index contributed by atoms with van der Waals surface area (Å²) in [5.74, 6) is -0.852. The maximum atomic E-state index is 12.3. The van der Waals surface area contributed by atoms with Gasteiger partial charge >= 0.3 is 0 Å². The number of hydrogen-bond acceptors (Lipinski definition) is 6. The number of benzene rings is 2. The number of nitrogens with one attached hydrogen (secondary N) is 4. The van der Waals surface area contributed by atoms with Crippen LogP contribution in [0, 0.1) is 0 Å². The first-order chi connectivity index (χ1) is 13.2. The normalized spacial score (nSPS) is 19.0. The Kier molecular flexibility index (Phi) is 4.73. The number of para-hydroxylation sites is 2. The zero-order valence-corrected chi connectivity index (χ0v) is 14.3. The van der Waals surface area contributed by atoms with E-state index in [1.54, 1.807) is 6.07 Å². The van der Waals surface area contributed by atoms with E-state index in [1.807, 2.05) is 48.5 Å². The molecular weight excluding hydrogens is 344 g/mol. The van der Waals surface area contributed by atoms with Crippen LogP contribution in [0.5, 0.6) is 0 Å². The van der Waals surface area contributed by atoms with Crippen LogP contribution < -0.4 is 21.7 Å². The molecule has 2 heterocycles. The lowest BCUT2D eigenvalue weighted by atomic mass is 10.0. The molecule has 2 amide bonds. The number of hydrazine groups is 2. The number of carbonyl (C=O) groups is 2. The molecule has 8 nitrogen and oxygen atoms in total. The van der Waals surface area contributed by atoms with Gasteiger partial charge in [-0.3, -0.25) is 25.4 Å². The summed E-state index contributed by atoms with van der Waals surface area (Å²) in [4.78, 5) is 33.0. The van der Waals surface area contributed by atoms with Crippen LogP contribution >= 0.6 is 0 Å². The lowest BCUT2D eigenvalue weighted by molar-refractivity contribution is -0.123. The fraction of sp³-hybridized carbons (Fsp3) is 0.158. The van der Waals surface area contributed by atoms with E-state index in [4.69, 9.17) is 0 Å². The molecule has 1 fully saturated rings. The van der Waals surface area contributed by atoms with Crippen LogP contribution in [0.1, 0.15) is 28.5 Å². The molecule has 0 spiro atoms. The Morgan fingerprint density at radius 3 is 2.48 bits per heavy atom. The van der Waals surface area contributed by atoms with Crippen LogP contribution in [0.25, 0.3) is 11.0 Å². The van der Waals surface area contributed by atoms with Crippen LogP contribution in [0.3, 0.4) is 0 Å². The summed E-state index contributed by atoms with van der Waals surface area (Å²) in [6, 6.07) is 16.7. The Labute approximate surface area is 155 Å². The monoisotopic (exact) mass is 362 g/mol. The van der Waals surface area contributed by atoms with E-state index in [0.29, 0.717) is 17.5 Å². The molecule has 3 aromatic rings. The summed E-state index contributed by atoms with van der Waals surface area (Å²) in [7, 11) is 0. The second-order valence-corrected chi connectivity index (χ2v) is 6.23. The van der Waals surface area contributed by atoms with E-state index >= 15 is 0 Å². The number of nitrogens with zero attached hydrogens (tertiary/aromatic N) is 2. The summed E-state index contributed by atoms with van der Waals surface area (Å²) in [6.45, 7) is 0. The molecule has 1 aliphatic rings. The average Bonchev–Trinajstić information content (AvgIpc) is 3.22. The van der Waals surface area contributed by atoms with E-state index in [-0.39, 0.29) is 17.6 Å². The molecule has 1 saturated heterocycles. The standard InChI is InChI=1S/C19H18N6O2/c26-18(16-10-15(22-23-16)12-6-2-1-3-7-12)24-25-19(27)17-11-20-13-8-4-5-9-14(13)21-17/h1-9,11,15-16,22-23H,10H2,(H,24,26)(H,25,27). The molecule has 27 heavy (non-hydrogen) atoms. The van der Waals surface area contributed by atoms with Gasteiger partial charge in [-0.1, -0.05) is 42.5 Å². The smallest absolute Gasteiger partial charge is 0.271 e. The van der Waals surface area contributed by atoms with Crippen LogP contribution in [-0.2, 0) is 4.79 Å². The van der Waals surface area contributed by atoms with E-state index in [2.05, 4.69) is 31.7 Å². The number of aromatic nitrogens is 2. The molecule has 4 N–H and O–H groups in total. The minimum Gasteiger partial charge on any atom is -0.271 e. The number of hydrogen-bond donors (Lipinski definition) is 4. The predicted octanol–water partition coefficient (Wildman–Crippen LogP) is 0.999. The lowest BCUT2D eigenvalue weighted by Gasteiger charge is -2.11. The summed E-state index contributed by atoms with van der Waals surface area (Å²) >= 11 is 0.